The van der Waals surface area contributed by atoms with E-state index in [1.54, 1.807) is 19.3 Å². The molecule has 0 aromatic rings. The van der Waals surface area contributed by atoms with Gasteiger partial charge in [0, 0.05) is 4.83 Å². The van der Waals surface area contributed by atoms with Gasteiger partial charge in [-0.15, -0.1) is 0 Å². The van der Waals surface area contributed by atoms with Crippen LogP contribution in [0.5, 0.6) is 0 Å². The molecule has 2 heteroatoms. The maximum absolute atomic E-state index is 4.02. The van der Waals surface area contributed by atoms with Gasteiger partial charge in [-0.1, -0.05) is 74.5 Å². The topological polar surface area (TPSA) is 0 Å². The lowest BCUT2D eigenvalue weighted by Gasteiger charge is -2.44. The molecule has 0 radical (unpaired) electrons. The van der Waals surface area contributed by atoms with Gasteiger partial charge in [-0.25, -0.2) is 0 Å². The maximum atomic E-state index is 4.02. The molecule has 0 saturated heterocycles. The van der Waals surface area contributed by atoms with Crippen LogP contribution in [0.4, 0.5) is 0 Å². The quantitative estimate of drug-likeness (QED) is 0.412. The summed E-state index contributed by atoms with van der Waals surface area (Å²) in [4.78, 5) is 0.840. The van der Waals surface area contributed by atoms with E-state index >= 15 is 0 Å². The van der Waals surface area contributed by atoms with Crippen molar-refractivity contribution in [3.63, 3.8) is 0 Å². The van der Waals surface area contributed by atoms with E-state index in [1.807, 2.05) is 0 Å². The second kappa shape index (κ2) is 5.48. The van der Waals surface area contributed by atoms with Crippen LogP contribution in [0.15, 0.2) is 0 Å². The Morgan fingerprint density at radius 1 is 0.895 bits per heavy atom. The molecule has 3 aliphatic carbocycles. The van der Waals surface area contributed by atoms with Crippen LogP contribution in [-0.2, 0) is 0 Å². The van der Waals surface area contributed by atoms with Crippen LogP contribution in [0.3, 0.4) is 0 Å². The second-order valence-electron chi connectivity index (χ2n) is 8.32. The summed E-state index contributed by atoms with van der Waals surface area (Å²) in [5.74, 6) is 3.10. The van der Waals surface area contributed by atoms with Crippen molar-refractivity contribution in [3.8, 4) is 0 Å². The summed E-state index contributed by atoms with van der Waals surface area (Å²) in [7, 11) is -1.06. The molecule has 3 saturated carbocycles. The molecule has 0 aromatic heterocycles. The Kier molecular flexibility index (Phi) is 4.22. The minimum atomic E-state index is -1.06. The molecular weight excluding hydrogens is 312 g/mol. The molecule has 110 valence electrons. The third-order valence-corrected chi connectivity index (χ3v) is 13.6. The highest BCUT2D eigenvalue weighted by Crippen LogP contribution is 2.60. The summed E-state index contributed by atoms with van der Waals surface area (Å²) >= 11 is 4.02. The second-order valence-corrected chi connectivity index (χ2v) is 14.6. The molecule has 0 heterocycles. The lowest BCUT2D eigenvalue weighted by atomic mass is 9.81. The first-order valence-electron chi connectivity index (χ1n) is 8.66. The van der Waals surface area contributed by atoms with Crippen molar-refractivity contribution in [1.82, 2.24) is 0 Å². The number of alkyl halides is 1. The standard InChI is InChI=1S/C17H31BrSi/c1-12-11-15-14(9-6-10-16(15)18)17(12)19(2,3)13-7-4-5-8-13/h12-17H,4-11H2,1-3H3. The molecule has 0 nitrogen and oxygen atoms in total. The van der Waals surface area contributed by atoms with Gasteiger partial charge in [0.2, 0.25) is 0 Å². The Hall–Kier alpha value is 0.697. The van der Waals surface area contributed by atoms with Crippen LogP contribution in [-0.4, -0.2) is 12.9 Å². The number of hydrogen-bond donors (Lipinski definition) is 0. The predicted octanol–water partition coefficient (Wildman–Crippen LogP) is 6.23. The summed E-state index contributed by atoms with van der Waals surface area (Å²) in [5, 5.41) is 0. The number of hydrogen-bond acceptors (Lipinski definition) is 0. The van der Waals surface area contributed by atoms with Gasteiger partial charge in [0.05, 0.1) is 8.07 Å². The van der Waals surface area contributed by atoms with Crippen LogP contribution >= 0.6 is 15.9 Å². The fourth-order valence-electron chi connectivity index (χ4n) is 6.24. The number of rotatable bonds is 2. The Morgan fingerprint density at radius 2 is 1.58 bits per heavy atom. The van der Waals surface area contributed by atoms with Gasteiger partial charge < -0.3 is 0 Å². The molecular formula is C17H31BrSi. The van der Waals surface area contributed by atoms with Crippen LogP contribution in [0.2, 0.25) is 24.2 Å². The smallest absolute Gasteiger partial charge is 0.0541 e. The molecule has 0 aromatic carbocycles. The highest BCUT2D eigenvalue weighted by Gasteiger charge is 2.53. The Morgan fingerprint density at radius 3 is 2.26 bits per heavy atom. The Labute approximate surface area is 129 Å². The maximum Gasteiger partial charge on any atom is 0.0541 e. The molecule has 3 fully saturated rings. The van der Waals surface area contributed by atoms with Gasteiger partial charge in [-0.2, -0.15) is 0 Å². The van der Waals surface area contributed by atoms with E-state index < -0.39 is 8.07 Å². The summed E-state index contributed by atoms with van der Waals surface area (Å²) < 4.78 is 0. The zero-order valence-electron chi connectivity index (χ0n) is 13.0. The molecule has 0 bridgehead atoms. The fraction of sp³-hybridized carbons (Fsp3) is 1.00. The van der Waals surface area contributed by atoms with Crippen LogP contribution in [0.25, 0.3) is 0 Å². The van der Waals surface area contributed by atoms with Gasteiger partial charge in [0.25, 0.3) is 0 Å². The van der Waals surface area contributed by atoms with Crippen molar-refractivity contribution in [3.05, 3.63) is 0 Å². The summed E-state index contributed by atoms with van der Waals surface area (Å²) in [6.07, 6.45) is 12.2. The zero-order valence-corrected chi connectivity index (χ0v) is 15.6. The van der Waals surface area contributed by atoms with E-state index in [0.717, 1.165) is 33.7 Å². The van der Waals surface area contributed by atoms with Crippen molar-refractivity contribution >= 4 is 24.0 Å². The lowest BCUT2D eigenvalue weighted by Crippen LogP contribution is -2.43. The Bertz CT molecular complexity index is 321. The molecule has 0 aliphatic heterocycles. The minimum absolute atomic E-state index is 0.840. The first kappa shape index (κ1) is 14.6. The molecule has 5 unspecified atom stereocenters. The minimum Gasteiger partial charge on any atom is -0.0888 e. The average Bonchev–Trinajstić information content (AvgIpc) is 2.96. The van der Waals surface area contributed by atoms with Crippen molar-refractivity contribution in [2.24, 2.45) is 17.8 Å². The SMILES string of the molecule is CC1CC2C(Br)CCCC2C1[Si](C)(C)C1CCCC1. The van der Waals surface area contributed by atoms with Gasteiger partial charge in [0.15, 0.2) is 0 Å². The van der Waals surface area contributed by atoms with Gasteiger partial charge >= 0.3 is 0 Å². The van der Waals surface area contributed by atoms with Gasteiger partial charge in [-0.05, 0) is 41.7 Å². The van der Waals surface area contributed by atoms with Crippen LogP contribution in [0, 0.1) is 17.8 Å². The molecule has 3 rings (SSSR count). The molecule has 19 heavy (non-hydrogen) atoms. The normalized spacial score (nSPS) is 44.5. The lowest BCUT2D eigenvalue weighted by molar-refractivity contribution is 0.286. The van der Waals surface area contributed by atoms with Crippen molar-refractivity contribution < 1.29 is 0 Å². The Balaban J connectivity index is 1.82. The van der Waals surface area contributed by atoms with E-state index in [2.05, 4.69) is 35.9 Å². The highest BCUT2D eigenvalue weighted by atomic mass is 79.9. The van der Waals surface area contributed by atoms with E-state index in [4.69, 9.17) is 0 Å². The van der Waals surface area contributed by atoms with E-state index in [0.29, 0.717) is 0 Å². The van der Waals surface area contributed by atoms with Gasteiger partial charge in [-0.3, -0.25) is 0 Å². The predicted molar refractivity (Wildman–Crippen MR) is 90.8 cm³/mol. The van der Waals surface area contributed by atoms with Crippen LogP contribution in [0.1, 0.15) is 58.3 Å². The molecule has 5 atom stereocenters. The molecule has 0 spiro atoms. The van der Waals surface area contributed by atoms with Crippen molar-refractivity contribution in [1.29, 1.82) is 0 Å². The first-order valence-corrected chi connectivity index (χ1v) is 12.7. The van der Waals surface area contributed by atoms with Crippen LogP contribution < -0.4 is 0 Å². The van der Waals surface area contributed by atoms with E-state index in [1.165, 1.54) is 32.1 Å². The highest BCUT2D eigenvalue weighted by molar-refractivity contribution is 9.09. The number of fused-ring (bicyclic) bond motifs is 1. The van der Waals surface area contributed by atoms with E-state index in [9.17, 15) is 0 Å². The molecule has 0 amide bonds. The van der Waals surface area contributed by atoms with E-state index in [-0.39, 0.29) is 0 Å². The average molecular weight is 343 g/mol. The summed E-state index contributed by atoms with van der Waals surface area (Å²) in [6, 6.07) is 0. The number of halogens is 1. The molecule has 3 aliphatic rings. The third-order valence-electron chi connectivity index (χ3n) is 7.02. The monoisotopic (exact) mass is 342 g/mol. The summed E-state index contributed by atoms with van der Waals surface area (Å²) in [6.45, 7) is 8.10. The fourth-order valence-corrected chi connectivity index (χ4v) is 12.7. The first-order chi connectivity index (χ1) is 9.01. The van der Waals surface area contributed by atoms with Gasteiger partial charge in [0.1, 0.15) is 0 Å². The third kappa shape index (κ3) is 2.50. The van der Waals surface area contributed by atoms with Crippen molar-refractivity contribution in [2.75, 3.05) is 0 Å². The molecule has 0 N–H and O–H groups in total. The largest absolute Gasteiger partial charge is 0.0888 e. The van der Waals surface area contributed by atoms with Crippen molar-refractivity contribution in [2.45, 2.75) is 87.3 Å². The zero-order chi connectivity index (χ0) is 13.6. The summed E-state index contributed by atoms with van der Waals surface area (Å²) in [5.41, 5.74) is 2.27.